The molecule has 2 aromatic rings. The molecule has 0 saturated carbocycles. The number of hydrogen-bond donors (Lipinski definition) is 0. The third kappa shape index (κ3) is 5.14. The number of aryl methyl sites for hydroxylation is 1. The number of carbonyl (C=O) groups excluding carboxylic acids is 2. The molecule has 7 nitrogen and oxygen atoms in total. The van der Waals surface area contributed by atoms with Crippen LogP contribution in [0.3, 0.4) is 0 Å². The number of sulfonamides is 1. The summed E-state index contributed by atoms with van der Waals surface area (Å²) in [7, 11) is -3.36. The Labute approximate surface area is 170 Å². The maximum absolute atomic E-state index is 12.4. The lowest BCUT2D eigenvalue weighted by atomic mass is 9.99. The smallest absolute Gasteiger partial charge is 0.347 e. The van der Waals surface area contributed by atoms with Gasteiger partial charge >= 0.3 is 5.97 Å². The minimum absolute atomic E-state index is 0.357. The molecule has 1 atom stereocenters. The van der Waals surface area contributed by atoms with Gasteiger partial charge in [-0.1, -0.05) is 18.2 Å². The molecule has 0 aliphatic carbocycles. The average Bonchev–Trinajstić information content (AvgIpc) is 2.70. The van der Waals surface area contributed by atoms with Crippen molar-refractivity contribution in [2.75, 3.05) is 23.7 Å². The van der Waals surface area contributed by atoms with Crippen molar-refractivity contribution in [1.82, 2.24) is 0 Å². The van der Waals surface area contributed by atoms with Gasteiger partial charge < -0.3 is 9.47 Å². The molecule has 29 heavy (non-hydrogen) atoms. The standard InChI is InChI=1S/C21H23NO6S/c1-15(28-18-8-4-3-5-9-18)21(24)27-14-20(23)17-10-11-19-16(13-17)7-6-12-22(19)29(2,25)26/h3-5,8-11,13,15H,6-7,12,14H2,1-2H3. The summed E-state index contributed by atoms with van der Waals surface area (Å²) >= 11 is 0. The van der Waals surface area contributed by atoms with Crippen molar-refractivity contribution in [3.63, 3.8) is 0 Å². The molecule has 154 valence electrons. The highest BCUT2D eigenvalue weighted by Crippen LogP contribution is 2.30. The van der Waals surface area contributed by atoms with Gasteiger partial charge in [0.2, 0.25) is 10.0 Å². The van der Waals surface area contributed by atoms with Crippen LogP contribution in [0.5, 0.6) is 5.75 Å². The Morgan fingerprint density at radius 3 is 2.55 bits per heavy atom. The molecule has 1 unspecified atom stereocenters. The zero-order valence-corrected chi connectivity index (χ0v) is 17.1. The van der Waals surface area contributed by atoms with Crippen LogP contribution >= 0.6 is 0 Å². The predicted molar refractivity (Wildman–Crippen MR) is 109 cm³/mol. The van der Waals surface area contributed by atoms with E-state index in [0.29, 0.717) is 36.4 Å². The average molecular weight is 417 g/mol. The number of nitrogens with zero attached hydrogens (tertiary/aromatic N) is 1. The number of Topliss-reactive ketones (excluding diaryl/α,β-unsaturated/α-hetero) is 1. The first-order valence-corrected chi connectivity index (χ1v) is 11.1. The van der Waals surface area contributed by atoms with Gasteiger partial charge in [-0.3, -0.25) is 9.10 Å². The Balaban J connectivity index is 1.62. The number of hydrogen-bond acceptors (Lipinski definition) is 6. The highest BCUT2D eigenvalue weighted by molar-refractivity contribution is 7.92. The molecule has 2 aromatic carbocycles. The molecule has 1 aliphatic rings. The monoisotopic (exact) mass is 417 g/mol. The Morgan fingerprint density at radius 1 is 1.14 bits per heavy atom. The first-order chi connectivity index (χ1) is 13.8. The summed E-state index contributed by atoms with van der Waals surface area (Å²) in [5.41, 5.74) is 1.76. The second-order valence-electron chi connectivity index (χ2n) is 6.89. The van der Waals surface area contributed by atoms with Crippen molar-refractivity contribution >= 4 is 27.5 Å². The normalized spacial score (nSPS) is 14.6. The minimum atomic E-state index is -3.36. The summed E-state index contributed by atoms with van der Waals surface area (Å²) < 4.78 is 35.8. The summed E-state index contributed by atoms with van der Waals surface area (Å²) in [6, 6.07) is 13.7. The fraction of sp³-hybridized carbons (Fsp3) is 0.333. The first-order valence-electron chi connectivity index (χ1n) is 9.28. The Kier molecular flexibility index (Phi) is 6.22. The van der Waals surface area contributed by atoms with Crippen LogP contribution in [0.2, 0.25) is 0 Å². The van der Waals surface area contributed by atoms with Crippen LogP contribution in [-0.2, 0) is 26.0 Å². The van der Waals surface area contributed by atoms with E-state index in [9.17, 15) is 18.0 Å². The Bertz CT molecular complexity index is 1000. The van der Waals surface area contributed by atoms with Gasteiger partial charge in [0.1, 0.15) is 5.75 Å². The van der Waals surface area contributed by atoms with E-state index in [-0.39, 0.29) is 5.78 Å². The number of benzene rings is 2. The van der Waals surface area contributed by atoms with Crippen LogP contribution in [0.1, 0.15) is 29.3 Å². The Hall–Kier alpha value is -2.87. The molecule has 0 saturated heterocycles. The van der Waals surface area contributed by atoms with Crippen LogP contribution in [0.15, 0.2) is 48.5 Å². The molecule has 3 rings (SSSR count). The Morgan fingerprint density at radius 2 is 1.86 bits per heavy atom. The molecule has 0 fully saturated rings. The highest BCUT2D eigenvalue weighted by atomic mass is 32.2. The van der Waals surface area contributed by atoms with E-state index in [4.69, 9.17) is 9.47 Å². The third-order valence-corrected chi connectivity index (χ3v) is 5.79. The van der Waals surface area contributed by atoms with E-state index in [1.165, 1.54) is 10.6 Å². The summed E-state index contributed by atoms with van der Waals surface area (Å²) in [4.78, 5) is 24.5. The lowest BCUT2D eigenvalue weighted by Gasteiger charge is -2.29. The number of anilines is 1. The molecule has 0 amide bonds. The maximum Gasteiger partial charge on any atom is 0.347 e. The summed E-state index contributed by atoms with van der Waals surface area (Å²) in [5, 5.41) is 0. The van der Waals surface area contributed by atoms with Crippen molar-refractivity contribution < 1.29 is 27.5 Å². The molecular weight excluding hydrogens is 394 g/mol. The molecule has 0 spiro atoms. The van der Waals surface area contributed by atoms with Gasteiger partial charge in [0, 0.05) is 12.1 Å². The quantitative estimate of drug-likeness (QED) is 0.508. The third-order valence-electron chi connectivity index (χ3n) is 4.61. The van der Waals surface area contributed by atoms with Crippen molar-refractivity contribution in [3.05, 3.63) is 59.7 Å². The zero-order valence-electron chi connectivity index (χ0n) is 16.3. The van der Waals surface area contributed by atoms with Crippen molar-refractivity contribution in [3.8, 4) is 5.75 Å². The molecule has 0 aromatic heterocycles. The van der Waals surface area contributed by atoms with Crippen molar-refractivity contribution in [2.45, 2.75) is 25.9 Å². The fourth-order valence-electron chi connectivity index (χ4n) is 3.17. The maximum atomic E-state index is 12.4. The van der Waals surface area contributed by atoms with Crippen LogP contribution < -0.4 is 9.04 Å². The van der Waals surface area contributed by atoms with Crippen molar-refractivity contribution in [2.24, 2.45) is 0 Å². The number of carbonyl (C=O) groups is 2. The van der Waals surface area contributed by atoms with Crippen LogP contribution in [-0.4, -0.2) is 45.7 Å². The lowest BCUT2D eigenvalue weighted by Crippen LogP contribution is -2.34. The topological polar surface area (TPSA) is 90.0 Å². The van der Waals surface area contributed by atoms with E-state index < -0.39 is 28.7 Å². The predicted octanol–water partition coefficient (Wildman–Crippen LogP) is 2.59. The van der Waals surface area contributed by atoms with E-state index in [1.807, 2.05) is 6.07 Å². The zero-order chi connectivity index (χ0) is 21.0. The molecule has 8 heteroatoms. The summed E-state index contributed by atoms with van der Waals surface area (Å²) in [6.07, 6.45) is 1.68. The van der Waals surface area contributed by atoms with E-state index >= 15 is 0 Å². The second-order valence-corrected chi connectivity index (χ2v) is 8.79. The molecule has 1 heterocycles. The van der Waals surface area contributed by atoms with Gasteiger partial charge in [0.25, 0.3) is 0 Å². The molecule has 0 N–H and O–H groups in total. The van der Waals surface area contributed by atoms with Gasteiger partial charge in [-0.2, -0.15) is 0 Å². The minimum Gasteiger partial charge on any atom is -0.479 e. The molecular formula is C21H23NO6S. The lowest BCUT2D eigenvalue weighted by molar-refractivity contribution is -0.149. The van der Waals surface area contributed by atoms with Crippen LogP contribution in [0.4, 0.5) is 5.69 Å². The molecule has 0 bridgehead atoms. The number of ketones is 1. The van der Waals surface area contributed by atoms with Crippen LogP contribution in [0, 0.1) is 0 Å². The van der Waals surface area contributed by atoms with Crippen LogP contribution in [0.25, 0.3) is 0 Å². The summed E-state index contributed by atoms with van der Waals surface area (Å²) in [6.45, 7) is 1.57. The van der Waals surface area contributed by atoms with Crippen molar-refractivity contribution in [1.29, 1.82) is 0 Å². The van der Waals surface area contributed by atoms with Gasteiger partial charge in [0.15, 0.2) is 18.5 Å². The number of esters is 1. The number of fused-ring (bicyclic) bond motifs is 1. The fourth-order valence-corrected chi connectivity index (χ4v) is 4.17. The van der Waals surface area contributed by atoms with Gasteiger partial charge in [-0.05, 0) is 55.7 Å². The van der Waals surface area contributed by atoms with E-state index in [2.05, 4.69) is 0 Å². The first kappa shape index (κ1) is 20.9. The van der Waals surface area contributed by atoms with Gasteiger partial charge in [-0.25, -0.2) is 13.2 Å². The molecule has 0 radical (unpaired) electrons. The number of rotatable bonds is 7. The summed E-state index contributed by atoms with van der Waals surface area (Å²) in [5.74, 6) is -0.457. The molecule has 1 aliphatic heterocycles. The largest absolute Gasteiger partial charge is 0.479 e. The van der Waals surface area contributed by atoms with Gasteiger partial charge in [0.05, 0.1) is 11.9 Å². The van der Waals surface area contributed by atoms with E-state index in [1.54, 1.807) is 49.4 Å². The highest BCUT2D eigenvalue weighted by Gasteiger charge is 2.25. The second kappa shape index (κ2) is 8.65. The van der Waals surface area contributed by atoms with Gasteiger partial charge in [-0.15, -0.1) is 0 Å². The SMILES string of the molecule is CC(Oc1ccccc1)C(=O)OCC(=O)c1ccc2c(c1)CCCN2S(C)(=O)=O. The number of para-hydroxylation sites is 1. The number of ether oxygens (including phenoxy) is 2. The van der Waals surface area contributed by atoms with E-state index in [0.717, 1.165) is 5.56 Å².